The van der Waals surface area contributed by atoms with E-state index in [4.69, 9.17) is 4.74 Å². The molecule has 0 atom stereocenters. The first-order valence-corrected chi connectivity index (χ1v) is 13.4. The second-order valence-corrected chi connectivity index (χ2v) is 11.6. The third-order valence-electron chi connectivity index (χ3n) is 5.84. The number of hydrogen-bond acceptors (Lipinski definition) is 5. The number of aromatic nitrogens is 2. The van der Waals surface area contributed by atoms with Gasteiger partial charge in [0, 0.05) is 47.0 Å². The highest BCUT2D eigenvalue weighted by Crippen LogP contribution is 2.39. The van der Waals surface area contributed by atoms with Crippen LogP contribution in [0, 0.1) is 0 Å². The maximum Gasteiger partial charge on any atom is 0.139 e. The number of benzene rings is 2. The van der Waals surface area contributed by atoms with E-state index in [0.29, 0.717) is 0 Å². The van der Waals surface area contributed by atoms with E-state index in [1.165, 1.54) is 5.69 Å². The Labute approximate surface area is 188 Å². The van der Waals surface area contributed by atoms with Crippen LogP contribution >= 0.6 is 7.14 Å². The molecule has 1 fully saturated rings. The molecule has 6 nitrogen and oxygen atoms in total. The number of ether oxygens (including phenoxy) is 1. The molecule has 2 aromatic heterocycles. The Morgan fingerprint density at radius 1 is 1.00 bits per heavy atom. The summed E-state index contributed by atoms with van der Waals surface area (Å²) in [5.41, 5.74) is 5.96. The molecule has 164 valence electrons. The van der Waals surface area contributed by atoms with Gasteiger partial charge in [0.05, 0.1) is 18.9 Å². The molecule has 1 aliphatic heterocycles. The molecule has 0 amide bonds. The highest BCUT2D eigenvalue weighted by molar-refractivity contribution is 7.70. The van der Waals surface area contributed by atoms with Gasteiger partial charge in [-0.05, 0) is 55.3 Å². The topological polar surface area (TPSA) is 70.2 Å². The van der Waals surface area contributed by atoms with E-state index >= 15 is 0 Å². The van der Waals surface area contributed by atoms with Gasteiger partial charge >= 0.3 is 0 Å². The predicted molar refractivity (Wildman–Crippen MR) is 133 cm³/mol. The van der Waals surface area contributed by atoms with Crippen molar-refractivity contribution in [3.8, 4) is 11.3 Å². The summed E-state index contributed by atoms with van der Waals surface area (Å²) in [4.78, 5) is 10.3. The van der Waals surface area contributed by atoms with Crippen LogP contribution in [-0.2, 0) is 9.30 Å². The van der Waals surface area contributed by atoms with Gasteiger partial charge in [-0.15, -0.1) is 0 Å². The van der Waals surface area contributed by atoms with Crippen LogP contribution in [0.5, 0.6) is 0 Å². The lowest BCUT2D eigenvalue weighted by Crippen LogP contribution is -2.36. The van der Waals surface area contributed by atoms with Crippen LogP contribution in [0.4, 0.5) is 17.1 Å². The highest BCUT2D eigenvalue weighted by atomic mass is 31.2. The average molecular weight is 446 g/mol. The number of morpholine rings is 1. The van der Waals surface area contributed by atoms with Crippen molar-refractivity contribution in [3.05, 3.63) is 66.9 Å². The molecule has 3 heterocycles. The molecule has 1 saturated heterocycles. The average Bonchev–Trinajstić information content (AvgIpc) is 3.25. The molecular formula is C25H27N4O2P. The van der Waals surface area contributed by atoms with Crippen LogP contribution in [0.1, 0.15) is 0 Å². The molecule has 5 rings (SSSR count). The quantitative estimate of drug-likeness (QED) is 0.420. The number of hydrogen-bond donors (Lipinski definition) is 2. The lowest BCUT2D eigenvalue weighted by Gasteiger charge is -2.28. The monoisotopic (exact) mass is 446 g/mol. The van der Waals surface area contributed by atoms with Crippen molar-refractivity contribution in [2.24, 2.45) is 0 Å². The van der Waals surface area contributed by atoms with Crippen molar-refractivity contribution in [1.29, 1.82) is 0 Å². The van der Waals surface area contributed by atoms with E-state index in [1.54, 1.807) is 19.5 Å². The molecule has 4 aromatic rings. The van der Waals surface area contributed by atoms with Gasteiger partial charge in [-0.2, -0.15) is 0 Å². The summed E-state index contributed by atoms with van der Waals surface area (Å²) >= 11 is 0. The largest absolute Gasteiger partial charge is 0.378 e. The standard InChI is InChI=1S/C25H27N4O2P/c1-32(2,30)24-6-4-3-5-22(24)27-21-11-12-26-25-20(21)17-23(28-25)18-7-9-19(10-8-18)29-13-15-31-16-14-29/h3-12,17H,13-16H2,1-2H3,(H2,26,27,28). The number of nitrogens with zero attached hydrogens (tertiary/aromatic N) is 2. The summed E-state index contributed by atoms with van der Waals surface area (Å²) in [6, 6.07) is 20.5. The van der Waals surface area contributed by atoms with E-state index in [-0.39, 0.29) is 0 Å². The summed E-state index contributed by atoms with van der Waals surface area (Å²) in [5.74, 6) is 0. The number of para-hydroxylation sites is 1. The number of nitrogens with one attached hydrogen (secondary N) is 2. The van der Waals surface area contributed by atoms with Crippen LogP contribution in [0.3, 0.4) is 0 Å². The van der Waals surface area contributed by atoms with Gasteiger partial charge < -0.3 is 24.5 Å². The number of pyridine rings is 1. The molecule has 0 bridgehead atoms. The Bertz CT molecular complexity index is 1290. The molecule has 0 radical (unpaired) electrons. The number of anilines is 3. The molecule has 0 unspecified atom stereocenters. The third kappa shape index (κ3) is 4.16. The first-order valence-electron chi connectivity index (χ1n) is 10.8. The van der Waals surface area contributed by atoms with Crippen molar-refractivity contribution in [2.75, 3.05) is 49.8 Å². The fraction of sp³-hybridized carbons (Fsp3) is 0.240. The van der Waals surface area contributed by atoms with Gasteiger partial charge in [-0.25, -0.2) is 4.98 Å². The van der Waals surface area contributed by atoms with E-state index in [1.807, 2.05) is 30.3 Å². The smallest absolute Gasteiger partial charge is 0.139 e. The molecule has 0 aliphatic carbocycles. The second kappa shape index (κ2) is 8.45. The zero-order valence-corrected chi connectivity index (χ0v) is 19.2. The van der Waals surface area contributed by atoms with E-state index in [0.717, 1.165) is 65.3 Å². The van der Waals surface area contributed by atoms with Crippen molar-refractivity contribution < 1.29 is 9.30 Å². The van der Waals surface area contributed by atoms with E-state index in [9.17, 15) is 4.57 Å². The molecule has 7 heteroatoms. The molecule has 0 saturated carbocycles. The zero-order valence-electron chi connectivity index (χ0n) is 18.3. The van der Waals surface area contributed by atoms with Crippen molar-refractivity contribution >= 4 is 40.5 Å². The third-order valence-corrected chi connectivity index (χ3v) is 7.39. The van der Waals surface area contributed by atoms with Gasteiger partial charge in [0.1, 0.15) is 12.8 Å². The number of rotatable bonds is 5. The zero-order chi connectivity index (χ0) is 22.1. The van der Waals surface area contributed by atoms with Gasteiger partial charge in [0.2, 0.25) is 0 Å². The minimum absolute atomic E-state index is 0.778. The number of H-pyrrole nitrogens is 1. The lowest BCUT2D eigenvalue weighted by atomic mass is 10.1. The first kappa shape index (κ1) is 20.8. The van der Waals surface area contributed by atoms with Gasteiger partial charge in [0.25, 0.3) is 0 Å². The summed E-state index contributed by atoms with van der Waals surface area (Å²) in [7, 11) is -2.41. The van der Waals surface area contributed by atoms with Crippen LogP contribution in [0.2, 0.25) is 0 Å². The Morgan fingerprint density at radius 2 is 1.75 bits per heavy atom. The Morgan fingerprint density at radius 3 is 2.50 bits per heavy atom. The summed E-state index contributed by atoms with van der Waals surface area (Å²) in [5, 5.41) is 5.33. The highest BCUT2D eigenvalue weighted by Gasteiger charge is 2.17. The molecule has 2 N–H and O–H groups in total. The minimum Gasteiger partial charge on any atom is -0.378 e. The first-order chi connectivity index (χ1) is 15.5. The second-order valence-electron chi connectivity index (χ2n) is 8.44. The molecule has 2 aromatic carbocycles. The molecule has 0 spiro atoms. The summed E-state index contributed by atoms with van der Waals surface area (Å²) < 4.78 is 18.2. The van der Waals surface area contributed by atoms with Gasteiger partial charge in [-0.1, -0.05) is 24.3 Å². The van der Waals surface area contributed by atoms with E-state index < -0.39 is 7.14 Å². The minimum atomic E-state index is -2.41. The Balaban J connectivity index is 1.46. The molecule has 1 aliphatic rings. The normalized spacial score (nSPS) is 14.6. The lowest BCUT2D eigenvalue weighted by molar-refractivity contribution is 0.122. The fourth-order valence-electron chi connectivity index (χ4n) is 4.16. The van der Waals surface area contributed by atoms with Crippen LogP contribution in [0.25, 0.3) is 22.3 Å². The summed E-state index contributed by atoms with van der Waals surface area (Å²) in [6.07, 6.45) is 1.78. The molecular weight excluding hydrogens is 419 g/mol. The number of fused-ring (bicyclic) bond motifs is 1. The van der Waals surface area contributed by atoms with E-state index in [2.05, 4.69) is 50.5 Å². The SMILES string of the molecule is CP(C)(=O)c1ccccc1Nc1ccnc2[nH]c(-c3ccc(N4CCOCC4)cc3)cc12. The van der Waals surface area contributed by atoms with Crippen LogP contribution in [0.15, 0.2) is 66.9 Å². The van der Waals surface area contributed by atoms with Crippen molar-refractivity contribution in [1.82, 2.24) is 9.97 Å². The van der Waals surface area contributed by atoms with Crippen molar-refractivity contribution in [2.45, 2.75) is 0 Å². The van der Waals surface area contributed by atoms with Crippen LogP contribution < -0.4 is 15.5 Å². The summed E-state index contributed by atoms with van der Waals surface area (Å²) in [6.45, 7) is 7.00. The van der Waals surface area contributed by atoms with Crippen molar-refractivity contribution in [3.63, 3.8) is 0 Å². The maximum atomic E-state index is 12.8. The number of aromatic amines is 1. The Kier molecular flexibility index (Phi) is 5.50. The van der Waals surface area contributed by atoms with Gasteiger partial charge in [-0.3, -0.25) is 0 Å². The Hall–Kier alpha value is -3.08. The van der Waals surface area contributed by atoms with Gasteiger partial charge in [0.15, 0.2) is 0 Å². The van der Waals surface area contributed by atoms with Crippen LogP contribution in [-0.4, -0.2) is 49.6 Å². The maximum absolute atomic E-state index is 12.8. The predicted octanol–water partition coefficient (Wildman–Crippen LogP) is 5.06. The fourth-order valence-corrected chi connectivity index (χ4v) is 5.31. The molecule has 32 heavy (non-hydrogen) atoms.